The van der Waals surface area contributed by atoms with E-state index in [0.29, 0.717) is 6.54 Å². The number of hydrogen-bond donors (Lipinski definition) is 3. The Hall–Kier alpha value is -1.89. The quantitative estimate of drug-likeness (QED) is 0.718. The molecular formula is C11H16N4O3. The second-order valence-electron chi connectivity index (χ2n) is 4.75. The minimum atomic E-state index is -1.20. The topological polar surface area (TPSA) is 104 Å². The van der Waals surface area contributed by atoms with Gasteiger partial charge in [-0.2, -0.15) is 0 Å². The van der Waals surface area contributed by atoms with Gasteiger partial charge in [-0.05, 0) is 20.3 Å². The minimum absolute atomic E-state index is 0.208. The Balaban J connectivity index is 2.82. The lowest BCUT2D eigenvalue weighted by Crippen LogP contribution is -2.30. The fraction of sp³-hybridized carbons (Fsp3) is 0.545. The number of fused-ring (bicyclic) bond motifs is 1. The number of imidazole rings is 1. The van der Waals surface area contributed by atoms with Crippen LogP contribution in [0.5, 0.6) is 0 Å². The van der Waals surface area contributed by atoms with Gasteiger partial charge in [-0.1, -0.05) is 6.92 Å². The molecule has 0 bridgehead atoms. The van der Waals surface area contributed by atoms with E-state index >= 15 is 0 Å². The van der Waals surface area contributed by atoms with Crippen molar-refractivity contribution < 1.29 is 5.11 Å². The summed E-state index contributed by atoms with van der Waals surface area (Å²) in [5, 5.41) is 9.88. The molecule has 0 spiro atoms. The van der Waals surface area contributed by atoms with Gasteiger partial charge in [0, 0.05) is 6.54 Å². The van der Waals surface area contributed by atoms with Crippen molar-refractivity contribution in [2.24, 2.45) is 0 Å². The van der Waals surface area contributed by atoms with Gasteiger partial charge >= 0.3 is 5.69 Å². The molecule has 0 aromatic carbocycles. The molecule has 2 aromatic heterocycles. The Labute approximate surface area is 102 Å². The van der Waals surface area contributed by atoms with Crippen LogP contribution in [-0.2, 0) is 12.1 Å². The Morgan fingerprint density at radius 1 is 1.33 bits per heavy atom. The lowest BCUT2D eigenvalue weighted by Gasteiger charge is -2.12. The first-order chi connectivity index (χ1) is 8.34. The molecule has 2 aromatic rings. The first-order valence-corrected chi connectivity index (χ1v) is 5.80. The zero-order valence-electron chi connectivity index (χ0n) is 10.6. The van der Waals surface area contributed by atoms with Crippen molar-refractivity contribution in [1.82, 2.24) is 19.5 Å². The van der Waals surface area contributed by atoms with Crippen LogP contribution in [0.4, 0.5) is 0 Å². The van der Waals surface area contributed by atoms with Crippen LogP contribution < -0.4 is 11.2 Å². The van der Waals surface area contributed by atoms with Crippen molar-refractivity contribution >= 4 is 11.2 Å². The molecule has 0 aliphatic rings. The van der Waals surface area contributed by atoms with Gasteiger partial charge in [0.05, 0.1) is 0 Å². The number of aromatic amines is 2. The van der Waals surface area contributed by atoms with Gasteiger partial charge in [0.25, 0.3) is 5.56 Å². The van der Waals surface area contributed by atoms with E-state index < -0.39 is 16.9 Å². The Morgan fingerprint density at radius 2 is 2.00 bits per heavy atom. The molecule has 98 valence electrons. The van der Waals surface area contributed by atoms with Gasteiger partial charge in [0.15, 0.2) is 5.65 Å². The fourth-order valence-electron chi connectivity index (χ4n) is 1.76. The highest BCUT2D eigenvalue weighted by molar-refractivity contribution is 5.69. The summed E-state index contributed by atoms with van der Waals surface area (Å²) < 4.78 is 1.39. The second kappa shape index (κ2) is 4.09. The number of aliphatic hydroxyl groups is 1. The summed E-state index contributed by atoms with van der Waals surface area (Å²) in [5.41, 5.74) is -1.71. The molecule has 7 heteroatoms. The molecule has 0 saturated carbocycles. The monoisotopic (exact) mass is 252 g/mol. The summed E-state index contributed by atoms with van der Waals surface area (Å²) in [7, 11) is 0. The average Bonchev–Trinajstić information content (AvgIpc) is 2.68. The smallest absolute Gasteiger partial charge is 0.330 e. The summed E-state index contributed by atoms with van der Waals surface area (Å²) >= 11 is 0. The molecule has 0 fully saturated rings. The summed E-state index contributed by atoms with van der Waals surface area (Å²) in [5.74, 6) is 0.262. The Kier molecular flexibility index (Phi) is 2.86. The van der Waals surface area contributed by atoms with E-state index in [1.807, 2.05) is 6.92 Å². The third-order valence-electron chi connectivity index (χ3n) is 2.66. The summed E-state index contributed by atoms with van der Waals surface area (Å²) in [4.78, 5) is 32.5. The van der Waals surface area contributed by atoms with E-state index in [-0.39, 0.29) is 17.0 Å². The molecule has 2 rings (SSSR count). The van der Waals surface area contributed by atoms with E-state index in [0.717, 1.165) is 6.42 Å². The average molecular weight is 252 g/mol. The molecule has 0 unspecified atom stereocenters. The highest BCUT2D eigenvalue weighted by atomic mass is 16.3. The van der Waals surface area contributed by atoms with E-state index in [9.17, 15) is 14.7 Å². The Morgan fingerprint density at radius 3 is 2.56 bits per heavy atom. The van der Waals surface area contributed by atoms with Crippen LogP contribution in [0, 0.1) is 0 Å². The van der Waals surface area contributed by atoms with Crippen molar-refractivity contribution in [1.29, 1.82) is 0 Å². The lowest BCUT2D eigenvalue weighted by atomic mass is 10.1. The third kappa shape index (κ3) is 1.97. The SMILES string of the molecule is CCCn1c(=O)[nH]c(=O)c2[nH]c(C(C)(C)O)nc21. The number of aryl methyl sites for hydroxylation is 1. The standard InChI is InChI=1S/C11H16N4O3/c1-4-5-15-7-6(8(16)14-10(15)17)12-9(13-7)11(2,3)18/h18H,4-5H2,1-3H3,(H,12,13)(H,14,16,17). The van der Waals surface area contributed by atoms with Gasteiger partial charge < -0.3 is 10.1 Å². The number of rotatable bonds is 3. The van der Waals surface area contributed by atoms with Crippen LogP contribution >= 0.6 is 0 Å². The van der Waals surface area contributed by atoms with E-state index in [4.69, 9.17) is 0 Å². The maximum atomic E-state index is 11.7. The van der Waals surface area contributed by atoms with Crippen molar-refractivity contribution in [3.05, 3.63) is 26.7 Å². The van der Waals surface area contributed by atoms with Crippen molar-refractivity contribution in [2.45, 2.75) is 39.3 Å². The zero-order valence-corrected chi connectivity index (χ0v) is 10.6. The van der Waals surface area contributed by atoms with Gasteiger partial charge in [-0.15, -0.1) is 0 Å². The highest BCUT2D eigenvalue weighted by Crippen LogP contribution is 2.17. The minimum Gasteiger partial charge on any atom is -0.383 e. The molecular weight excluding hydrogens is 236 g/mol. The van der Waals surface area contributed by atoms with E-state index in [2.05, 4.69) is 15.0 Å². The lowest BCUT2D eigenvalue weighted by molar-refractivity contribution is 0.0699. The van der Waals surface area contributed by atoms with Crippen molar-refractivity contribution in [3.63, 3.8) is 0 Å². The van der Waals surface area contributed by atoms with Crippen molar-refractivity contribution in [3.8, 4) is 0 Å². The Bertz CT molecular complexity index is 687. The molecule has 0 aliphatic heterocycles. The predicted octanol–water partition coefficient (Wildman–Crippen LogP) is 0.0503. The van der Waals surface area contributed by atoms with Gasteiger partial charge in [0.1, 0.15) is 16.9 Å². The first kappa shape index (κ1) is 12.6. The fourth-order valence-corrected chi connectivity index (χ4v) is 1.76. The predicted molar refractivity (Wildman–Crippen MR) is 66.5 cm³/mol. The first-order valence-electron chi connectivity index (χ1n) is 5.80. The molecule has 18 heavy (non-hydrogen) atoms. The van der Waals surface area contributed by atoms with Crippen LogP contribution in [0.15, 0.2) is 9.59 Å². The number of nitrogens with one attached hydrogen (secondary N) is 2. The van der Waals surface area contributed by atoms with Crippen LogP contribution in [0.25, 0.3) is 11.2 Å². The van der Waals surface area contributed by atoms with Crippen molar-refractivity contribution in [2.75, 3.05) is 0 Å². The van der Waals surface area contributed by atoms with Gasteiger partial charge in [-0.3, -0.25) is 14.3 Å². The normalized spacial score (nSPS) is 12.2. The maximum absolute atomic E-state index is 11.7. The molecule has 3 N–H and O–H groups in total. The number of hydrogen-bond acceptors (Lipinski definition) is 4. The van der Waals surface area contributed by atoms with Crippen LogP contribution in [0.2, 0.25) is 0 Å². The second-order valence-corrected chi connectivity index (χ2v) is 4.75. The molecule has 7 nitrogen and oxygen atoms in total. The molecule has 0 saturated heterocycles. The van der Waals surface area contributed by atoms with Crippen LogP contribution in [0.3, 0.4) is 0 Å². The molecule has 0 radical (unpaired) electrons. The largest absolute Gasteiger partial charge is 0.383 e. The van der Waals surface area contributed by atoms with E-state index in [1.165, 1.54) is 4.57 Å². The summed E-state index contributed by atoms with van der Waals surface area (Å²) in [6.45, 7) is 5.50. The summed E-state index contributed by atoms with van der Waals surface area (Å²) in [6, 6.07) is 0. The zero-order chi connectivity index (χ0) is 13.5. The number of nitrogens with zero attached hydrogens (tertiary/aromatic N) is 2. The third-order valence-corrected chi connectivity index (χ3v) is 2.66. The molecule has 0 amide bonds. The van der Waals surface area contributed by atoms with Crippen LogP contribution in [-0.4, -0.2) is 24.6 Å². The number of aromatic nitrogens is 4. The summed E-state index contributed by atoms with van der Waals surface area (Å²) in [6.07, 6.45) is 0.742. The van der Waals surface area contributed by atoms with Gasteiger partial charge in [0.2, 0.25) is 0 Å². The molecule has 0 atom stereocenters. The highest BCUT2D eigenvalue weighted by Gasteiger charge is 2.22. The maximum Gasteiger partial charge on any atom is 0.330 e. The molecule has 0 aliphatic carbocycles. The molecule has 2 heterocycles. The number of H-pyrrole nitrogens is 2. The van der Waals surface area contributed by atoms with Crippen LogP contribution in [0.1, 0.15) is 33.0 Å². The van der Waals surface area contributed by atoms with Gasteiger partial charge in [-0.25, -0.2) is 9.78 Å². The van der Waals surface area contributed by atoms with E-state index in [1.54, 1.807) is 13.8 Å².